The van der Waals surface area contributed by atoms with E-state index in [0.29, 0.717) is 0 Å². The van der Waals surface area contributed by atoms with Crippen LogP contribution in [-0.4, -0.2) is 89.6 Å². The summed E-state index contributed by atoms with van der Waals surface area (Å²) in [6.45, 7) is 2.95. The van der Waals surface area contributed by atoms with Gasteiger partial charge in [0.05, 0.1) is 54.1 Å². The second-order valence-electron chi connectivity index (χ2n) is 11.1. The van der Waals surface area contributed by atoms with Gasteiger partial charge in [0.2, 0.25) is 15.8 Å². The van der Waals surface area contributed by atoms with Crippen molar-refractivity contribution in [3.05, 3.63) is 51.6 Å². The molecule has 2 aromatic rings. The highest BCUT2D eigenvalue weighted by Crippen LogP contribution is 2.52. The summed E-state index contributed by atoms with van der Waals surface area (Å²) in [6, 6.07) is 3.66. The van der Waals surface area contributed by atoms with Gasteiger partial charge in [-0.1, -0.05) is 12.1 Å². The molecule has 5 rings (SSSR count). The number of hydrogen-bond donors (Lipinski definition) is 6. The maximum Gasteiger partial charge on any atom is 0.244 e. The Morgan fingerprint density at radius 1 is 1.16 bits per heavy atom. The van der Waals surface area contributed by atoms with E-state index in [2.05, 4.69) is 5.10 Å². The zero-order valence-electron chi connectivity index (χ0n) is 23.8. The van der Waals surface area contributed by atoms with Crippen LogP contribution < -0.4 is 15.3 Å². The van der Waals surface area contributed by atoms with E-state index in [-0.39, 0.29) is 46.6 Å². The lowest BCUT2D eigenvalue weighted by atomic mass is 9.72. The Balaban J connectivity index is 1.69. The number of hydrogen-bond acceptors (Lipinski definition) is 13. The standard InChI is InChI=1S/C28H33N3O11S/c1-11-23(32)15(29)8-18(41-11)42-17-10-28(37,12(2)30-31-43(4,38)39)9-14-20(17)27(36)22-21(25(14)34)24(33)13-6-5-7-16(40-3)19(13)26(22)35/h5-7,11,15,17-18,23,31-32,34,36-37H,8-10,29H2,1-4H3/b30-12+/t11-,15-,17-,18+,23+,28+/m1/s1. The van der Waals surface area contributed by atoms with E-state index in [9.17, 15) is 38.4 Å². The smallest absolute Gasteiger partial charge is 0.244 e. The minimum atomic E-state index is -3.79. The molecule has 0 radical (unpaired) electrons. The Labute approximate surface area is 247 Å². The van der Waals surface area contributed by atoms with E-state index in [1.807, 2.05) is 4.83 Å². The minimum absolute atomic E-state index is 0.0259. The third-order valence-corrected chi connectivity index (χ3v) is 8.62. The van der Waals surface area contributed by atoms with Crippen LogP contribution in [0.25, 0.3) is 0 Å². The summed E-state index contributed by atoms with van der Waals surface area (Å²) in [5.74, 6) is -2.71. The van der Waals surface area contributed by atoms with Crippen molar-refractivity contribution in [1.29, 1.82) is 0 Å². The molecule has 43 heavy (non-hydrogen) atoms. The highest BCUT2D eigenvalue weighted by Gasteiger charge is 2.49. The number of aliphatic hydroxyl groups excluding tert-OH is 1. The molecule has 1 saturated heterocycles. The van der Waals surface area contributed by atoms with Crippen LogP contribution in [0.15, 0.2) is 23.3 Å². The van der Waals surface area contributed by atoms with E-state index < -0.39 is 86.9 Å². The fourth-order valence-electron chi connectivity index (χ4n) is 5.92. The summed E-state index contributed by atoms with van der Waals surface area (Å²) in [6.07, 6.45) is -3.89. The molecule has 0 aromatic heterocycles. The molecule has 14 nitrogen and oxygen atoms in total. The lowest BCUT2D eigenvalue weighted by molar-refractivity contribution is -0.245. The Hall–Kier alpha value is -3.60. The summed E-state index contributed by atoms with van der Waals surface area (Å²) in [7, 11) is -2.47. The number of phenols is 2. The quantitative estimate of drug-likeness (QED) is 0.125. The lowest BCUT2D eigenvalue weighted by Gasteiger charge is -2.42. The molecule has 1 fully saturated rings. The van der Waals surface area contributed by atoms with Crippen molar-refractivity contribution in [2.45, 2.75) is 69.4 Å². The zero-order valence-corrected chi connectivity index (χ0v) is 24.6. The van der Waals surface area contributed by atoms with Gasteiger partial charge in [0, 0.05) is 42.0 Å². The Bertz CT molecular complexity index is 1650. The van der Waals surface area contributed by atoms with Gasteiger partial charge in [-0.15, -0.1) is 0 Å². The van der Waals surface area contributed by atoms with Crippen LogP contribution in [0.4, 0.5) is 0 Å². The van der Waals surface area contributed by atoms with E-state index in [4.69, 9.17) is 19.9 Å². The summed E-state index contributed by atoms with van der Waals surface area (Å²) in [5.41, 5.74) is 2.79. The van der Waals surface area contributed by atoms with Gasteiger partial charge in [0.25, 0.3) is 0 Å². The number of nitrogens with zero attached hydrogens (tertiary/aromatic N) is 1. The van der Waals surface area contributed by atoms with Crippen LogP contribution >= 0.6 is 0 Å². The molecule has 0 bridgehead atoms. The summed E-state index contributed by atoms with van der Waals surface area (Å²) < 4.78 is 40.6. The molecule has 2 aliphatic carbocycles. The van der Waals surface area contributed by atoms with Gasteiger partial charge < -0.3 is 40.4 Å². The molecule has 3 aliphatic rings. The lowest BCUT2D eigenvalue weighted by Crippen LogP contribution is -2.52. The number of aromatic hydroxyl groups is 2. The van der Waals surface area contributed by atoms with Gasteiger partial charge in [-0.25, -0.2) is 13.2 Å². The van der Waals surface area contributed by atoms with Crippen molar-refractivity contribution in [3.63, 3.8) is 0 Å². The molecular weight excluding hydrogens is 586 g/mol. The number of aliphatic hydroxyl groups is 2. The van der Waals surface area contributed by atoms with Gasteiger partial charge in [-0.2, -0.15) is 5.10 Å². The Morgan fingerprint density at radius 3 is 2.47 bits per heavy atom. The first kappa shape index (κ1) is 30.8. The SMILES string of the molecule is COc1cccc2c1C(=O)c1c(O)c3c(c(O)c1C2=O)C[C@@](O)(/C(C)=N/NS(C)(=O)=O)C[C@H]3O[C@H]1C[C@@H](N)[C@@H](O)[C@@H](C)O1. The van der Waals surface area contributed by atoms with Crippen LogP contribution in [0.3, 0.4) is 0 Å². The van der Waals surface area contributed by atoms with Gasteiger partial charge in [-0.3, -0.25) is 9.59 Å². The monoisotopic (exact) mass is 619 g/mol. The number of benzene rings is 2. The number of hydrazone groups is 1. The van der Waals surface area contributed by atoms with Gasteiger partial charge in [0.15, 0.2) is 12.1 Å². The van der Waals surface area contributed by atoms with Crippen LogP contribution in [0.5, 0.6) is 17.2 Å². The van der Waals surface area contributed by atoms with Gasteiger partial charge >= 0.3 is 0 Å². The van der Waals surface area contributed by atoms with Crippen molar-refractivity contribution < 1.29 is 52.6 Å². The minimum Gasteiger partial charge on any atom is -0.507 e. The van der Waals surface area contributed by atoms with Crippen molar-refractivity contribution >= 4 is 27.3 Å². The van der Waals surface area contributed by atoms with Crippen LogP contribution in [-0.2, 0) is 25.9 Å². The molecule has 2 aromatic carbocycles. The largest absolute Gasteiger partial charge is 0.507 e. The molecule has 0 saturated carbocycles. The van der Waals surface area contributed by atoms with E-state index in [0.717, 1.165) is 6.26 Å². The maximum atomic E-state index is 13.8. The first-order valence-electron chi connectivity index (χ1n) is 13.4. The third-order valence-electron chi connectivity index (χ3n) is 8.20. The second kappa shape index (κ2) is 10.8. The van der Waals surface area contributed by atoms with Crippen molar-refractivity contribution in [1.82, 2.24) is 4.83 Å². The predicted octanol–water partition coefficient (Wildman–Crippen LogP) is 0.365. The highest BCUT2D eigenvalue weighted by molar-refractivity contribution is 7.88. The number of rotatable bonds is 6. The topological polar surface area (TPSA) is 227 Å². The van der Waals surface area contributed by atoms with Crippen LogP contribution in [0, 0.1) is 0 Å². The number of nitrogens with one attached hydrogen (secondary N) is 1. The predicted molar refractivity (Wildman–Crippen MR) is 151 cm³/mol. The van der Waals surface area contributed by atoms with E-state index in [1.54, 1.807) is 6.92 Å². The number of methoxy groups -OCH3 is 1. The van der Waals surface area contributed by atoms with Crippen molar-refractivity contribution in [2.24, 2.45) is 10.8 Å². The first-order valence-corrected chi connectivity index (χ1v) is 15.3. The van der Waals surface area contributed by atoms with E-state index in [1.165, 1.54) is 32.2 Å². The molecule has 232 valence electrons. The number of nitrogens with two attached hydrogens (primary N) is 1. The number of carbonyl (C=O) groups is 2. The fourth-order valence-corrected chi connectivity index (χ4v) is 6.22. The van der Waals surface area contributed by atoms with Crippen LogP contribution in [0.1, 0.15) is 75.8 Å². The molecule has 1 heterocycles. The molecule has 15 heteroatoms. The molecule has 0 unspecified atom stereocenters. The fraction of sp³-hybridized carbons (Fsp3) is 0.464. The maximum absolute atomic E-state index is 13.8. The van der Waals surface area contributed by atoms with Gasteiger partial charge in [0.1, 0.15) is 22.8 Å². The molecule has 1 aliphatic heterocycles. The summed E-state index contributed by atoms with van der Waals surface area (Å²) in [4.78, 5) is 29.4. The van der Waals surface area contributed by atoms with Crippen LogP contribution in [0.2, 0.25) is 0 Å². The summed E-state index contributed by atoms with van der Waals surface area (Å²) in [5, 5.41) is 49.0. The normalized spacial score (nSPS) is 29.0. The second-order valence-corrected chi connectivity index (χ2v) is 12.9. The highest BCUT2D eigenvalue weighted by atomic mass is 32.2. The molecule has 6 atom stereocenters. The Morgan fingerprint density at radius 2 is 1.84 bits per heavy atom. The number of sulfonamides is 1. The molecular formula is C28H33N3O11S. The number of ketones is 2. The molecule has 7 N–H and O–H groups in total. The first-order chi connectivity index (χ1) is 20.1. The number of fused-ring (bicyclic) bond motifs is 3. The van der Waals surface area contributed by atoms with E-state index >= 15 is 0 Å². The van der Waals surface area contributed by atoms with Crippen molar-refractivity contribution in [2.75, 3.05) is 13.4 Å². The molecule has 0 spiro atoms. The number of carbonyl (C=O) groups excluding carboxylic acids is 2. The third kappa shape index (κ3) is 5.25. The van der Waals surface area contributed by atoms with Gasteiger partial charge in [-0.05, 0) is 19.9 Å². The average molecular weight is 620 g/mol. The average Bonchev–Trinajstić information content (AvgIpc) is 2.94. The zero-order chi connectivity index (χ0) is 31.6. The summed E-state index contributed by atoms with van der Waals surface area (Å²) >= 11 is 0. The number of phenolic OH excluding ortho intramolecular Hbond substituents is 2. The van der Waals surface area contributed by atoms with Crippen molar-refractivity contribution in [3.8, 4) is 17.2 Å². The Kier molecular flexibility index (Phi) is 7.77. The molecule has 0 amide bonds. The number of ether oxygens (including phenoxy) is 3.